The Labute approximate surface area is 190 Å². The van der Waals surface area contributed by atoms with Gasteiger partial charge in [0.2, 0.25) is 17.6 Å². The molecule has 3 aromatic rings. The molecule has 2 heterocycles. The van der Waals surface area contributed by atoms with Crippen LogP contribution in [0.2, 0.25) is 0 Å². The second-order valence-electron chi connectivity index (χ2n) is 7.76. The smallest absolute Gasteiger partial charge is 0.255 e. The van der Waals surface area contributed by atoms with Crippen molar-refractivity contribution in [2.24, 2.45) is 0 Å². The van der Waals surface area contributed by atoms with Crippen LogP contribution in [0.4, 0.5) is 4.39 Å². The van der Waals surface area contributed by atoms with Crippen molar-refractivity contribution >= 4 is 11.8 Å². The van der Waals surface area contributed by atoms with Crippen LogP contribution in [0.3, 0.4) is 0 Å². The average molecular weight is 452 g/mol. The van der Waals surface area contributed by atoms with Gasteiger partial charge in [0, 0.05) is 18.7 Å². The molecule has 2 amide bonds. The van der Waals surface area contributed by atoms with Gasteiger partial charge in [0.25, 0.3) is 5.91 Å². The Bertz CT molecular complexity index is 1130. The van der Waals surface area contributed by atoms with Crippen LogP contribution in [0, 0.1) is 5.82 Å². The molecule has 1 unspecified atom stereocenters. The van der Waals surface area contributed by atoms with Crippen LogP contribution in [-0.4, -0.2) is 53.1 Å². The summed E-state index contributed by atoms with van der Waals surface area (Å²) < 4.78 is 24.4. The summed E-state index contributed by atoms with van der Waals surface area (Å²) in [6.07, 6.45) is 1.57. The Morgan fingerprint density at radius 2 is 2.09 bits per heavy atom. The Kier molecular flexibility index (Phi) is 6.97. The summed E-state index contributed by atoms with van der Waals surface area (Å²) >= 11 is 0. The highest BCUT2D eigenvalue weighted by molar-refractivity contribution is 5.98. The molecule has 0 bridgehead atoms. The number of para-hydroxylation sites is 1. The van der Waals surface area contributed by atoms with Gasteiger partial charge in [-0.1, -0.05) is 29.4 Å². The number of halogens is 1. The maximum Gasteiger partial charge on any atom is 0.255 e. The molecular weight excluding hydrogens is 427 g/mol. The molecule has 2 aromatic carbocycles. The van der Waals surface area contributed by atoms with Crippen molar-refractivity contribution in [1.82, 2.24) is 20.4 Å². The van der Waals surface area contributed by atoms with E-state index in [1.54, 1.807) is 41.3 Å². The second kappa shape index (κ2) is 10.2. The highest BCUT2D eigenvalue weighted by Crippen LogP contribution is 2.28. The minimum absolute atomic E-state index is 0.119. The SMILES string of the molecule is CCOc1ccccc1C(=O)NCC(=O)N1CCCC(c2nc(-c3cccc(F)c3)no2)C1. The molecule has 1 aromatic heterocycles. The maximum absolute atomic E-state index is 13.5. The topological polar surface area (TPSA) is 97.6 Å². The summed E-state index contributed by atoms with van der Waals surface area (Å²) in [7, 11) is 0. The first-order valence-electron chi connectivity index (χ1n) is 10.9. The summed E-state index contributed by atoms with van der Waals surface area (Å²) in [5.74, 6) is 0.165. The largest absolute Gasteiger partial charge is 0.493 e. The van der Waals surface area contributed by atoms with Gasteiger partial charge in [-0.3, -0.25) is 9.59 Å². The van der Waals surface area contributed by atoms with E-state index in [9.17, 15) is 14.0 Å². The van der Waals surface area contributed by atoms with Crippen LogP contribution in [0.15, 0.2) is 53.1 Å². The third kappa shape index (κ3) is 5.36. The van der Waals surface area contributed by atoms with Crippen molar-refractivity contribution in [3.05, 3.63) is 65.8 Å². The van der Waals surface area contributed by atoms with Crippen LogP contribution in [-0.2, 0) is 4.79 Å². The van der Waals surface area contributed by atoms with Crippen LogP contribution in [0.25, 0.3) is 11.4 Å². The zero-order valence-electron chi connectivity index (χ0n) is 18.3. The normalized spacial score (nSPS) is 15.8. The molecule has 9 heteroatoms. The maximum atomic E-state index is 13.5. The summed E-state index contributed by atoms with van der Waals surface area (Å²) in [5.41, 5.74) is 0.920. The zero-order valence-corrected chi connectivity index (χ0v) is 18.3. The fraction of sp³-hybridized carbons (Fsp3) is 0.333. The van der Waals surface area contributed by atoms with Crippen LogP contribution in [0.1, 0.15) is 41.9 Å². The average Bonchev–Trinajstić information content (AvgIpc) is 3.33. The number of amides is 2. The standard InChI is InChI=1S/C24H25FN4O4/c1-2-32-20-11-4-3-10-19(20)23(31)26-14-21(30)29-12-6-8-17(15-29)24-27-22(28-33-24)16-7-5-9-18(25)13-16/h3-5,7,9-11,13,17H,2,6,8,12,14-15H2,1H3,(H,26,31). The lowest BCUT2D eigenvalue weighted by molar-refractivity contribution is -0.131. The van der Waals surface area contributed by atoms with Gasteiger partial charge in [-0.25, -0.2) is 4.39 Å². The first-order valence-corrected chi connectivity index (χ1v) is 10.9. The summed E-state index contributed by atoms with van der Waals surface area (Å²) in [6, 6.07) is 12.9. The minimum Gasteiger partial charge on any atom is -0.493 e. The van der Waals surface area contributed by atoms with Gasteiger partial charge in [-0.2, -0.15) is 4.98 Å². The van der Waals surface area contributed by atoms with Gasteiger partial charge >= 0.3 is 0 Å². The molecule has 1 saturated heterocycles. The molecular formula is C24H25FN4O4. The summed E-state index contributed by atoms with van der Waals surface area (Å²) in [4.78, 5) is 31.4. The number of rotatable bonds is 7. The molecule has 1 aliphatic rings. The minimum atomic E-state index is -0.376. The third-order valence-electron chi connectivity index (χ3n) is 5.48. The summed E-state index contributed by atoms with van der Waals surface area (Å²) in [6.45, 7) is 3.16. The number of nitrogens with zero attached hydrogens (tertiary/aromatic N) is 3. The number of hydrogen-bond donors (Lipinski definition) is 1. The number of likely N-dealkylation sites (tertiary alicyclic amines) is 1. The monoisotopic (exact) mass is 452 g/mol. The number of benzene rings is 2. The van der Waals surface area contributed by atoms with Gasteiger partial charge in [0.05, 0.1) is 24.6 Å². The molecule has 1 aliphatic heterocycles. The van der Waals surface area contributed by atoms with Crippen molar-refractivity contribution in [3.8, 4) is 17.1 Å². The van der Waals surface area contributed by atoms with Crippen molar-refractivity contribution < 1.29 is 23.2 Å². The molecule has 8 nitrogen and oxygen atoms in total. The molecule has 0 spiro atoms. The lowest BCUT2D eigenvalue weighted by Gasteiger charge is -2.31. The number of carbonyl (C=O) groups excluding carboxylic acids is 2. The van der Waals surface area contributed by atoms with Crippen LogP contribution >= 0.6 is 0 Å². The van der Waals surface area contributed by atoms with Crippen molar-refractivity contribution in [2.75, 3.05) is 26.2 Å². The Balaban J connectivity index is 1.36. The molecule has 0 saturated carbocycles. The lowest BCUT2D eigenvalue weighted by atomic mass is 9.98. The second-order valence-corrected chi connectivity index (χ2v) is 7.76. The molecule has 1 atom stereocenters. The van der Waals surface area contributed by atoms with Crippen molar-refractivity contribution in [2.45, 2.75) is 25.7 Å². The van der Waals surface area contributed by atoms with E-state index in [-0.39, 0.29) is 30.1 Å². The van der Waals surface area contributed by atoms with E-state index in [2.05, 4.69) is 15.5 Å². The van der Waals surface area contributed by atoms with E-state index in [0.717, 1.165) is 12.8 Å². The van der Waals surface area contributed by atoms with Crippen LogP contribution in [0.5, 0.6) is 5.75 Å². The van der Waals surface area contributed by atoms with Gasteiger partial charge in [0.15, 0.2) is 0 Å². The number of carbonyl (C=O) groups is 2. The van der Waals surface area contributed by atoms with E-state index in [1.807, 2.05) is 6.92 Å². The Morgan fingerprint density at radius 3 is 2.91 bits per heavy atom. The van der Waals surface area contributed by atoms with Crippen molar-refractivity contribution in [1.29, 1.82) is 0 Å². The molecule has 1 N–H and O–H groups in total. The third-order valence-corrected chi connectivity index (χ3v) is 5.48. The van der Waals surface area contributed by atoms with Gasteiger partial charge in [0.1, 0.15) is 11.6 Å². The van der Waals surface area contributed by atoms with Gasteiger partial charge < -0.3 is 19.5 Å². The highest BCUT2D eigenvalue weighted by atomic mass is 19.1. The fourth-order valence-corrected chi connectivity index (χ4v) is 3.85. The fourth-order valence-electron chi connectivity index (χ4n) is 3.85. The number of aromatic nitrogens is 2. The number of ether oxygens (including phenoxy) is 1. The molecule has 0 radical (unpaired) electrons. The molecule has 172 valence electrons. The van der Waals surface area contributed by atoms with Crippen LogP contribution < -0.4 is 10.1 Å². The predicted molar refractivity (Wildman–Crippen MR) is 118 cm³/mol. The van der Waals surface area contributed by atoms with Crippen molar-refractivity contribution in [3.63, 3.8) is 0 Å². The molecule has 33 heavy (non-hydrogen) atoms. The van der Waals surface area contributed by atoms with Gasteiger partial charge in [-0.15, -0.1) is 0 Å². The van der Waals surface area contributed by atoms with E-state index >= 15 is 0 Å². The lowest BCUT2D eigenvalue weighted by Crippen LogP contribution is -2.44. The zero-order chi connectivity index (χ0) is 23.2. The first kappa shape index (κ1) is 22.4. The van der Waals surface area contributed by atoms with E-state index in [1.165, 1.54) is 12.1 Å². The molecule has 1 fully saturated rings. The number of piperidine rings is 1. The quantitative estimate of drug-likeness (QED) is 0.590. The Hall–Kier alpha value is -3.75. The number of hydrogen-bond acceptors (Lipinski definition) is 6. The molecule has 4 rings (SSSR count). The van der Waals surface area contributed by atoms with E-state index in [0.29, 0.717) is 48.3 Å². The Morgan fingerprint density at radius 1 is 1.24 bits per heavy atom. The van der Waals surface area contributed by atoms with E-state index in [4.69, 9.17) is 9.26 Å². The molecule has 0 aliphatic carbocycles. The predicted octanol–water partition coefficient (Wildman–Crippen LogP) is 3.41. The highest BCUT2D eigenvalue weighted by Gasteiger charge is 2.29. The summed E-state index contributed by atoms with van der Waals surface area (Å²) in [5, 5.41) is 6.65. The first-order chi connectivity index (χ1) is 16.0. The van der Waals surface area contributed by atoms with E-state index < -0.39 is 0 Å². The van der Waals surface area contributed by atoms with Gasteiger partial charge in [-0.05, 0) is 44.0 Å². The number of nitrogens with one attached hydrogen (secondary N) is 1.